The molecule has 0 radical (unpaired) electrons. The molecule has 0 bridgehead atoms. The van der Waals surface area contributed by atoms with E-state index >= 15 is 0 Å². The quantitative estimate of drug-likeness (QED) is 0.740. The van der Waals surface area contributed by atoms with Gasteiger partial charge in [-0.05, 0) is 62.1 Å². The van der Waals surface area contributed by atoms with Gasteiger partial charge in [0.1, 0.15) is 0 Å². The minimum atomic E-state index is -0.777. The van der Waals surface area contributed by atoms with Gasteiger partial charge in [0.15, 0.2) is 5.25 Å². The summed E-state index contributed by atoms with van der Waals surface area (Å²) in [7, 11) is 0. The number of nitrogens with one attached hydrogen (secondary N) is 2. The van der Waals surface area contributed by atoms with Crippen molar-refractivity contribution in [2.75, 3.05) is 23.7 Å². The fourth-order valence-electron chi connectivity index (χ4n) is 4.03. The molecule has 2 N–H and O–H groups in total. The predicted octanol–water partition coefficient (Wildman–Crippen LogP) is 3.59. The Bertz CT molecular complexity index is 979. The number of piperidine rings is 1. The second-order valence-corrected chi connectivity index (χ2v) is 9.10. The van der Waals surface area contributed by atoms with Gasteiger partial charge in [0.25, 0.3) is 0 Å². The van der Waals surface area contributed by atoms with Crippen LogP contribution in [-0.2, 0) is 14.4 Å². The summed E-state index contributed by atoms with van der Waals surface area (Å²) in [5, 5.41) is 5.05. The van der Waals surface area contributed by atoms with Gasteiger partial charge in [-0.15, -0.1) is 11.8 Å². The lowest BCUT2D eigenvalue weighted by atomic mass is 9.95. The molecule has 0 spiro atoms. The molecule has 7 heteroatoms. The number of fused-ring (bicyclic) bond motifs is 1. The lowest BCUT2D eigenvalue weighted by molar-refractivity contribution is -0.136. The van der Waals surface area contributed by atoms with E-state index < -0.39 is 5.25 Å². The van der Waals surface area contributed by atoms with Crippen molar-refractivity contribution in [3.05, 3.63) is 53.6 Å². The van der Waals surface area contributed by atoms with Crippen LogP contribution in [0, 0.1) is 19.8 Å². The number of likely N-dealkylation sites (tertiary alicyclic amines) is 1. The molecule has 156 valence electrons. The normalized spacial score (nSPS) is 19.1. The molecule has 0 saturated carbocycles. The van der Waals surface area contributed by atoms with Crippen LogP contribution in [0.5, 0.6) is 0 Å². The van der Waals surface area contributed by atoms with Gasteiger partial charge in [-0.1, -0.05) is 18.2 Å². The zero-order valence-corrected chi connectivity index (χ0v) is 17.9. The predicted molar refractivity (Wildman–Crippen MR) is 119 cm³/mol. The summed E-state index contributed by atoms with van der Waals surface area (Å²) in [5.74, 6) is -0.604. The molecular weight excluding hydrogens is 398 g/mol. The van der Waals surface area contributed by atoms with Gasteiger partial charge in [0, 0.05) is 29.6 Å². The summed E-state index contributed by atoms with van der Waals surface area (Å²) in [5.41, 5.74) is 3.77. The third-order valence-corrected chi connectivity index (χ3v) is 6.78. The molecule has 0 aromatic heterocycles. The third kappa shape index (κ3) is 4.36. The number of aryl methyl sites for hydroxylation is 2. The zero-order valence-electron chi connectivity index (χ0n) is 17.1. The van der Waals surface area contributed by atoms with E-state index in [-0.39, 0.29) is 23.6 Å². The maximum Gasteiger partial charge on any atom is 0.247 e. The van der Waals surface area contributed by atoms with Crippen LogP contribution in [0.1, 0.15) is 24.0 Å². The SMILES string of the molecule is Cc1cc(C)cc(NC(=O)C2CCN(C(=O)C3Sc4ccccc4NC3=O)CC2)c1. The van der Waals surface area contributed by atoms with Gasteiger partial charge in [-0.25, -0.2) is 0 Å². The Hall–Kier alpha value is -2.80. The maximum atomic E-state index is 13.0. The van der Waals surface area contributed by atoms with E-state index in [9.17, 15) is 14.4 Å². The molecule has 2 aliphatic heterocycles. The highest BCUT2D eigenvalue weighted by Gasteiger charge is 2.37. The van der Waals surface area contributed by atoms with E-state index in [4.69, 9.17) is 0 Å². The molecule has 2 heterocycles. The Kier molecular flexibility index (Phi) is 5.81. The van der Waals surface area contributed by atoms with Crippen molar-refractivity contribution in [3.8, 4) is 0 Å². The van der Waals surface area contributed by atoms with Crippen molar-refractivity contribution in [3.63, 3.8) is 0 Å². The van der Waals surface area contributed by atoms with Gasteiger partial charge in [0.2, 0.25) is 17.7 Å². The summed E-state index contributed by atoms with van der Waals surface area (Å²) >= 11 is 1.30. The number of rotatable bonds is 3. The van der Waals surface area contributed by atoms with Crippen molar-refractivity contribution in [1.29, 1.82) is 0 Å². The van der Waals surface area contributed by atoms with Crippen LogP contribution in [0.25, 0.3) is 0 Å². The lowest BCUT2D eigenvalue weighted by Crippen LogP contribution is -2.48. The Labute approximate surface area is 180 Å². The molecule has 2 aliphatic rings. The van der Waals surface area contributed by atoms with Gasteiger partial charge in [-0.3, -0.25) is 14.4 Å². The molecular formula is C23H25N3O3S. The number of para-hydroxylation sites is 1. The molecule has 1 unspecified atom stereocenters. The molecule has 2 aromatic rings. The van der Waals surface area contributed by atoms with E-state index in [0.29, 0.717) is 25.9 Å². The standard InChI is InChI=1S/C23H25N3O3S/c1-14-11-15(2)13-17(12-14)24-21(27)16-7-9-26(10-8-16)23(29)20-22(28)25-18-5-3-4-6-19(18)30-20/h3-6,11-13,16,20H,7-10H2,1-2H3,(H,24,27)(H,25,28). The number of thioether (sulfide) groups is 1. The zero-order chi connectivity index (χ0) is 21.3. The van der Waals surface area contributed by atoms with E-state index in [2.05, 4.69) is 16.7 Å². The first kappa shape index (κ1) is 20.5. The molecule has 1 fully saturated rings. The second-order valence-electron chi connectivity index (χ2n) is 7.95. The van der Waals surface area contributed by atoms with Gasteiger partial charge in [0.05, 0.1) is 5.69 Å². The Morgan fingerprint density at radius 1 is 1.07 bits per heavy atom. The van der Waals surface area contributed by atoms with Crippen LogP contribution in [0.4, 0.5) is 11.4 Å². The first-order chi connectivity index (χ1) is 14.4. The third-order valence-electron chi connectivity index (χ3n) is 5.52. The van der Waals surface area contributed by atoms with E-state index in [1.165, 1.54) is 11.8 Å². The molecule has 0 aliphatic carbocycles. The minimum Gasteiger partial charge on any atom is -0.341 e. The summed E-state index contributed by atoms with van der Waals surface area (Å²) in [6, 6.07) is 13.5. The number of hydrogen-bond acceptors (Lipinski definition) is 4. The first-order valence-electron chi connectivity index (χ1n) is 10.2. The smallest absolute Gasteiger partial charge is 0.247 e. The van der Waals surface area contributed by atoms with Crippen LogP contribution in [0.3, 0.4) is 0 Å². The van der Waals surface area contributed by atoms with Crippen molar-refractivity contribution in [2.24, 2.45) is 5.92 Å². The van der Waals surface area contributed by atoms with Crippen LogP contribution in [-0.4, -0.2) is 41.0 Å². The Balaban J connectivity index is 1.34. The largest absolute Gasteiger partial charge is 0.341 e. The number of nitrogens with zero attached hydrogens (tertiary/aromatic N) is 1. The van der Waals surface area contributed by atoms with Crippen molar-refractivity contribution in [2.45, 2.75) is 36.8 Å². The molecule has 1 atom stereocenters. The van der Waals surface area contributed by atoms with E-state index in [1.807, 2.05) is 50.2 Å². The average Bonchev–Trinajstić information content (AvgIpc) is 2.72. The van der Waals surface area contributed by atoms with Crippen molar-refractivity contribution in [1.82, 2.24) is 4.90 Å². The topological polar surface area (TPSA) is 78.5 Å². The Morgan fingerprint density at radius 2 is 1.73 bits per heavy atom. The molecule has 3 amide bonds. The van der Waals surface area contributed by atoms with E-state index in [1.54, 1.807) is 4.90 Å². The van der Waals surface area contributed by atoms with Crippen LogP contribution < -0.4 is 10.6 Å². The maximum absolute atomic E-state index is 13.0. The molecule has 6 nitrogen and oxygen atoms in total. The number of amides is 3. The fraction of sp³-hybridized carbons (Fsp3) is 0.348. The highest BCUT2D eigenvalue weighted by atomic mass is 32.2. The molecule has 2 aromatic carbocycles. The summed E-state index contributed by atoms with van der Waals surface area (Å²) in [6.45, 7) is 4.97. The number of hydrogen-bond donors (Lipinski definition) is 2. The second kappa shape index (κ2) is 8.52. The van der Waals surface area contributed by atoms with Gasteiger partial charge >= 0.3 is 0 Å². The number of carbonyl (C=O) groups excluding carboxylic acids is 3. The van der Waals surface area contributed by atoms with Crippen LogP contribution in [0.15, 0.2) is 47.4 Å². The van der Waals surface area contributed by atoms with Gasteiger partial charge < -0.3 is 15.5 Å². The summed E-state index contributed by atoms with van der Waals surface area (Å²) in [6.07, 6.45) is 1.19. The van der Waals surface area contributed by atoms with Crippen molar-refractivity contribution < 1.29 is 14.4 Å². The van der Waals surface area contributed by atoms with Crippen LogP contribution >= 0.6 is 11.8 Å². The number of anilines is 2. The first-order valence-corrected chi connectivity index (χ1v) is 11.0. The average molecular weight is 424 g/mol. The molecule has 30 heavy (non-hydrogen) atoms. The van der Waals surface area contributed by atoms with Crippen molar-refractivity contribution >= 4 is 40.9 Å². The Morgan fingerprint density at radius 3 is 2.43 bits per heavy atom. The fourth-order valence-corrected chi connectivity index (χ4v) is 5.11. The molecule has 4 rings (SSSR count). The van der Waals surface area contributed by atoms with E-state index in [0.717, 1.165) is 27.4 Å². The monoisotopic (exact) mass is 423 g/mol. The van der Waals surface area contributed by atoms with Crippen LogP contribution in [0.2, 0.25) is 0 Å². The number of carbonyl (C=O) groups is 3. The summed E-state index contributed by atoms with van der Waals surface area (Å²) in [4.78, 5) is 40.7. The minimum absolute atomic E-state index is 0.00851. The lowest BCUT2D eigenvalue weighted by Gasteiger charge is -2.34. The highest BCUT2D eigenvalue weighted by molar-refractivity contribution is 8.01. The van der Waals surface area contributed by atoms with Gasteiger partial charge in [-0.2, -0.15) is 0 Å². The molecule has 1 saturated heterocycles. The summed E-state index contributed by atoms with van der Waals surface area (Å²) < 4.78 is 0. The number of benzene rings is 2. The highest BCUT2D eigenvalue weighted by Crippen LogP contribution is 2.36.